The van der Waals surface area contributed by atoms with Crippen LogP contribution in [-0.4, -0.2) is 16.0 Å². The molecule has 1 aromatic rings. The van der Waals surface area contributed by atoms with Crippen molar-refractivity contribution in [1.29, 1.82) is 0 Å². The van der Waals surface area contributed by atoms with Gasteiger partial charge in [-0.3, -0.25) is 9.97 Å². The number of aromatic nitrogens is 2. The Labute approximate surface area is 91.3 Å². The van der Waals surface area contributed by atoms with Gasteiger partial charge in [-0.1, -0.05) is 19.8 Å². The van der Waals surface area contributed by atoms with Crippen molar-refractivity contribution in [1.82, 2.24) is 15.3 Å². The molecule has 82 valence electrons. The minimum absolute atomic E-state index is 0.677. The number of nitrogens with zero attached hydrogens (tertiary/aromatic N) is 2. The molecule has 0 saturated heterocycles. The summed E-state index contributed by atoms with van der Waals surface area (Å²) in [5.74, 6) is 0.873. The molecule has 0 radical (unpaired) electrons. The highest BCUT2D eigenvalue weighted by Crippen LogP contribution is 2.23. The largest absolute Gasteiger partial charge is 0.308 e. The number of nitrogens with one attached hydrogen (secondary N) is 1. The molecule has 0 amide bonds. The fourth-order valence-electron chi connectivity index (χ4n) is 2.29. The highest BCUT2D eigenvalue weighted by atomic mass is 14.9. The molecule has 0 aromatic carbocycles. The van der Waals surface area contributed by atoms with Crippen molar-refractivity contribution in [2.24, 2.45) is 5.92 Å². The van der Waals surface area contributed by atoms with E-state index >= 15 is 0 Å². The van der Waals surface area contributed by atoms with Gasteiger partial charge in [0, 0.05) is 31.2 Å². The molecule has 1 aliphatic carbocycles. The van der Waals surface area contributed by atoms with Crippen molar-refractivity contribution in [3.63, 3.8) is 0 Å². The van der Waals surface area contributed by atoms with Crippen molar-refractivity contribution >= 4 is 0 Å². The van der Waals surface area contributed by atoms with E-state index in [1.54, 1.807) is 12.4 Å². The molecule has 2 unspecified atom stereocenters. The summed E-state index contributed by atoms with van der Waals surface area (Å²) in [5.41, 5.74) is 1.04. The molecule has 1 aromatic heterocycles. The Balaban J connectivity index is 1.78. The standard InChI is InChI=1S/C12H19N3/c1-10-3-2-4-11(7-10)15-9-12-8-13-5-6-14-12/h5-6,8,10-11,15H,2-4,7,9H2,1H3. The topological polar surface area (TPSA) is 37.8 Å². The van der Waals surface area contributed by atoms with E-state index in [1.807, 2.05) is 6.20 Å². The van der Waals surface area contributed by atoms with E-state index in [-0.39, 0.29) is 0 Å². The molecule has 0 bridgehead atoms. The van der Waals surface area contributed by atoms with Crippen LogP contribution in [0.1, 0.15) is 38.3 Å². The van der Waals surface area contributed by atoms with Gasteiger partial charge in [0.2, 0.25) is 0 Å². The Kier molecular flexibility index (Phi) is 3.67. The van der Waals surface area contributed by atoms with Crippen LogP contribution < -0.4 is 5.32 Å². The average Bonchev–Trinajstić information content (AvgIpc) is 2.28. The van der Waals surface area contributed by atoms with Gasteiger partial charge in [0.1, 0.15) is 0 Å². The highest BCUT2D eigenvalue weighted by Gasteiger charge is 2.17. The first-order valence-corrected chi connectivity index (χ1v) is 5.83. The quantitative estimate of drug-likeness (QED) is 0.821. The van der Waals surface area contributed by atoms with Gasteiger partial charge in [0.25, 0.3) is 0 Å². The SMILES string of the molecule is CC1CCCC(NCc2cnccn2)C1. The molecule has 0 spiro atoms. The van der Waals surface area contributed by atoms with Crippen molar-refractivity contribution in [2.45, 2.75) is 45.2 Å². The Bertz CT molecular complexity index is 286. The monoisotopic (exact) mass is 205 g/mol. The predicted octanol–water partition coefficient (Wildman–Crippen LogP) is 2.14. The van der Waals surface area contributed by atoms with E-state index in [0.717, 1.165) is 18.2 Å². The molecule has 2 atom stereocenters. The van der Waals surface area contributed by atoms with Crippen LogP contribution in [0.3, 0.4) is 0 Å². The molecular weight excluding hydrogens is 186 g/mol. The highest BCUT2D eigenvalue weighted by molar-refractivity contribution is 4.94. The van der Waals surface area contributed by atoms with E-state index in [1.165, 1.54) is 25.7 Å². The third kappa shape index (κ3) is 3.27. The second kappa shape index (κ2) is 5.21. The molecule has 1 aliphatic rings. The lowest BCUT2D eigenvalue weighted by atomic mass is 9.87. The summed E-state index contributed by atoms with van der Waals surface area (Å²) < 4.78 is 0. The zero-order valence-corrected chi connectivity index (χ0v) is 9.32. The second-order valence-electron chi connectivity index (χ2n) is 4.55. The summed E-state index contributed by atoms with van der Waals surface area (Å²) in [7, 11) is 0. The fraction of sp³-hybridized carbons (Fsp3) is 0.667. The zero-order chi connectivity index (χ0) is 10.5. The molecule has 3 heteroatoms. The van der Waals surface area contributed by atoms with Gasteiger partial charge < -0.3 is 5.32 Å². The van der Waals surface area contributed by atoms with Gasteiger partial charge in [0.05, 0.1) is 5.69 Å². The van der Waals surface area contributed by atoms with E-state index in [9.17, 15) is 0 Å². The van der Waals surface area contributed by atoms with Crippen LogP contribution in [0.4, 0.5) is 0 Å². The van der Waals surface area contributed by atoms with Crippen molar-refractivity contribution in [2.75, 3.05) is 0 Å². The lowest BCUT2D eigenvalue weighted by molar-refractivity contribution is 0.300. The first-order chi connectivity index (χ1) is 7.34. The molecule has 3 nitrogen and oxygen atoms in total. The molecule has 1 saturated carbocycles. The summed E-state index contributed by atoms with van der Waals surface area (Å²) >= 11 is 0. The smallest absolute Gasteiger partial charge is 0.0724 e. The van der Waals surface area contributed by atoms with E-state index in [0.29, 0.717) is 6.04 Å². The molecule has 0 aliphatic heterocycles. The van der Waals surface area contributed by atoms with E-state index in [2.05, 4.69) is 22.2 Å². The maximum absolute atomic E-state index is 4.26. The predicted molar refractivity (Wildman–Crippen MR) is 60.3 cm³/mol. The van der Waals surface area contributed by atoms with Gasteiger partial charge in [-0.2, -0.15) is 0 Å². The Morgan fingerprint density at radius 1 is 1.40 bits per heavy atom. The summed E-state index contributed by atoms with van der Waals surface area (Å²) in [5, 5.41) is 3.57. The van der Waals surface area contributed by atoms with E-state index < -0.39 is 0 Å². The molecule has 2 rings (SSSR count). The van der Waals surface area contributed by atoms with Crippen LogP contribution >= 0.6 is 0 Å². The van der Waals surface area contributed by atoms with Gasteiger partial charge in [0.15, 0.2) is 0 Å². The third-order valence-corrected chi connectivity index (χ3v) is 3.12. The number of rotatable bonds is 3. The minimum atomic E-state index is 0.677. The zero-order valence-electron chi connectivity index (χ0n) is 9.32. The lowest BCUT2D eigenvalue weighted by Gasteiger charge is -2.27. The van der Waals surface area contributed by atoms with Crippen molar-refractivity contribution < 1.29 is 0 Å². The van der Waals surface area contributed by atoms with Crippen LogP contribution in [-0.2, 0) is 6.54 Å². The van der Waals surface area contributed by atoms with Crippen LogP contribution in [0.5, 0.6) is 0 Å². The Hall–Kier alpha value is -0.960. The third-order valence-electron chi connectivity index (χ3n) is 3.12. The number of hydrogen-bond acceptors (Lipinski definition) is 3. The minimum Gasteiger partial charge on any atom is -0.308 e. The fourth-order valence-corrected chi connectivity index (χ4v) is 2.29. The summed E-state index contributed by atoms with van der Waals surface area (Å²) in [6, 6.07) is 0.677. The normalized spacial score (nSPS) is 26.5. The summed E-state index contributed by atoms with van der Waals surface area (Å²) in [6.45, 7) is 3.20. The lowest BCUT2D eigenvalue weighted by Crippen LogP contribution is -2.33. The average molecular weight is 205 g/mol. The van der Waals surface area contributed by atoms with Gasteiger partial charge >= 0.3 is 0 Å². The van der Waals surface area contributed by atoms with Crippen LogP contribution in [0.25, 0.3) is 0 Å². The van der Waals surface area contributed by atoms with Gasteiger partial charge in [-0.15, -0.1) is 0 Å². The summed E-state index contributed by atoms with van der Waals surface area (Å²) in [6.07, 6.45) is 10.7. The Morgan fingerprint density at radius 2 is 2.33 bits per heavy atom. The van der Waals surface area contributed by atoms with E-state index in [4.69, 9.17) is 0 Å². The molecule has 1 fully saturated rings. The molecule has 1 heterocycles. The van der Waals surface area contributed by atoms with Crippen molar-refractivity contribution in [3.05, 3.63) is 24.3 Å². The number of hydrogen-bond donors (Lipinski definition) is 1. The molecular formula is C12H19N3. The summed E-state index contributed by atoms with van der Waals surface area (Å²) in [4.78, 5) is 8.32. The molecule has 1 N–H and O–H groups in total. The first kappa shape index (κ1) is 10.6. The van der Waals surface area contributed by atoms with Crippen molar-refractivity contribution in [3.8, 4) is 0 Å². The Morgan fingerprint density at radius 3 is 3.07 bits per heavy atom. The van der Waals surface area contributed by atoms with Crippen LogP contribution in [0, 0.1) is 5.92 Å². The maximum Gasteiger partial charge on any atom is 0.0724 e. The van der Waals surface area contributed by atoms with Crippen LogP contribution in [0.2, 0.25) is 0 Å². The second-order valence-corrected chi connectivity index (χ2v) is 4.55. The maximum atomic E-state index is 4.26. The van der Waals surface area contributed by atoms with Gasteiger partial charge in [-0.05, 0) is 18.8 Å². The van der Waals surface area contributed by atoms with Gasteiger partial charge in [-0.25, -0.2) is 0 Å². The molecule has 15 heavy (non-hydrogen) atoms. The first-order valence-electron chi connectivity index (χ1n) is 5.83. The van der Waals surface area contributed by atoms with Crippen LogP contribution in [0.15, 0.2) is 18.6 Å².